The van der Waals surface area contributed by atoms with E-state index in [4.69, 9.17) is 0 Å². The Balaban J connectivity index is 3.09. The number of Topliss-reactive ketones (excluding diaryl/α,β-unsaturated/α-hetero) is 1. The molecule has 1 rings (SSSR count). The first-order chi connectivity index (χ1) is 6.06. The van der Waals surface area contributed by atoms with E-state index in [1.807, 2.05) is 6.92 Å². The fourth-order valence-corrected chi connectivity index (χ4v) is 2.02. The highest BCUT2D eigenvalue weighted by Crippen LogP contribution is 2.22. The lowest BCUT2D eigenvalue weighted by Gasteiger charge is -1.91. The SMILES string of the molecule is COC(=O)c1cc(C(C)=O)c(C)s1. The van der Waals surface area contributed by atoms with Crippen molar-refractivity contribution >= 4 is 23.1 Å². The predicted octanol–water partition coefficient (Wildman–Crippen LogP) is 2.05. The van der Waals surface area contributed by atoms with Crippen LogP contribution in [0.15, 0.2) is 6.07 Å². The third kappa shape index (κ3) is 1.95. The molecule has 0 saturated carbocycles. The van der Waals surface area contributed by atoms with Crippen LogP contribution in [-0.2, 0) is 4.74 Å². The molecule has 0 radical (unpaired) electrons. The Morgan fingerprint density at radius 1 is 1.46 bits per heavy atom. The number of hydrogen-bond acceptors (Lipinski definition) is 4. The van der Waals surface area contributed by atoms with Gasteiger partial charge in [-0.3, -0.25) is 4.79 Å². The van der Waals surface area contributed by atoms with Crippen LogP contribution in [0.2, 0.25) is 0 Å². The van der Waals surface area contributed by atoms with Crippen LogP contribution in [0, 0.1) is 6.92 Å². The van der Waals surface area contributed by atoms with Gasteiger partial charge in [-0.2, -0.15) is 0 Å². The largest absolute Gasteiger partial charge is 0.465 e. The van der Waals surface area contributed by atoms with E-state index in [2.05, 4.69) is 4.74 Å². The van der Waals surface area contributed by atoms with Crippen LogP contribution >= 0.6 is 11.3 Å². The van der Waals surface area contributed by atoms with Gasteiger partial charge in [-0.05, 0) is 19.9 Å². The molecule has 0 amide bonds. The molecule has 0 aliphatic carbocycles. The third-order valence-electron chi connectivity index (χ3n) is 1.68. The first kappa shape index (κ1) is 9.92. The summed E-state index contributed by atoms with van der Waals surface area (Å²) in [6.07, 6.45) is 0. The first-order valence-corrected chi connectivity index (χ1v) is 4.57. The average Bonchev–Trinajstić information content (AvgIpc) is 2.46. The van der Waals surface area contributed by atoms with Gasteiger partial charge in [0, 0.05) is 10.4 Å². The number of hydrogen-bond donors (Lipinski definition) is 0. The van der Waals surface area contributed by atoms with E-state index in [9.17, 15) is 9.59 Å². The van der Waals surface area contributed by atoms with E-state index in [1.54, 1.807) is 6.07 Å². The van der Waals surface area contributed by atoms with Crippen molar-refractivity contribution in [2.75, 3.05) is 7.11 Å². The van der Waals surface area contributed by atoms with Crippen molar-refractivity contribution in [2.45, 2.75) is 13.8 Å². The average molecular weight is 198 g/mol. The van der Waals surface area contributed by atoms with E-state index in [0.29, 0.717) is 10.4 Å². The molecule has 0 saturated heterocycles. The summed E-state index contributed by atoms with van der Waals surface area (Å²) in [7, 11) is 1.32. The molecule has 0 aromatic carbocycles. The van der Waals surface area contributed by atoms with Gasteiger partial charge in [0.15, 0.2) is 5.78 Å². The summed E-state index contributed by atoms with van der Waals surface area (Å²) in [5.74, 6) is -0.412. The van der Waals surface area contributed by atoms with Crippen LogP contribution in [0.5, 0.6) is 0 Å². The van der Waals surface area contributed by atoms with Gasteiger partial charge >= 0.3 is 5.97 Å². The molecule has 0 N–H and O–H groups in total. The molecule has 0 aliphatic rings. The fraction of sp³-hybridized carbons (Fsp3) is 0.333. The van der Waals surface area contributed by atoms with E-state index in [1.165, 1.54) is 25.4 Å². The Morgan fingerprint density at radius 3 is 2.46 bits per heavy atom. The lowest BCUT2D eigenvalue weighted by molar-refractivity contribution is 0.0606. The van der Waals surface area contributed by atoms with E-state index < -0.39 is 0 Å². The van der Waals surface area contributed by atoms with E-state index in [0.717, 1.165) is 4.88 Å². The van der Waals surface area contributed by atoms with Crippen LogP contribution in [0.25, 0.3) is 0 Å². The summed E-state index contributed by atoms with van der Waals surface area (Å²) >= 11 is 1.28. The van der Waals surface area contributed by atoms with Crippen LogP contribution < -0.4 is 0 Å². The Morgan fingerprint density at radius 2 is 2.08 bits per heavy atom. The predicted molar refractivity (Wildman–Crippen MR) is 50.4 cm³/mol. The number of aryl methyl sites for hydroxylation is 1. The zero-order chi connectivity index (χ0) is 10.0. The molecule has 0 aliphatic heterocycles. The topological polar surface area (TPSA) is 43.4 Å². The molecule has 1 aromatic rings. The molecule has 1 aromatic heterocycles. The quantitative estimate of drug-likeness (QED) is 0.539. The standard InChI is InChI=1S/C9H10O3S/c1-5(10)7-4-8(9(11)12-3)13-6(7)2/h4H,1-3H3. The van der Waals surface area contributed by atoms with Gasteiger partial charge in [-0.1, -0.05) is 0 Å². The van der Waals surface area contributed by atoms with Gasteiger partial charge in [-0.25, -0.2) is 4.79 Å². The molecule has 4 heteroatoms. The maximum atomic E-state index is 11.1. The molecular weight excluding hydrogens is 188 g/mol. The molecule has 0 spiro atoms. The molecule has 13 heavy (non-hydrogen) atoms. The van der Waals surface area contributed by atoms with Crippen molar-refractivity contribution in [3.8, 4) is 0 Å². The maximum absolute atomic E-state index is 11.1. The maximum Gasteiger partial charge on any atom is 0.348 e. The summed E-state index contributed by atoms with van der Waals surface area (Å²) in [5, 5.41) is 0. The van der Waals surface area contributed by atoms with Gasteiger partial charge in [-0.15, -0.1) is 11.3 Å². The van der Waals surface area contributed by atoms with Gasteiger partial charge < -0.3 is 4.74 Å². The Hall–Kier alpha value is -1.16. The molecule has 70 valence electrons. The van der Waals surface area contributed by atoms with Crippen LogP contribution in [0.4, 0.5) is 0 Å². The van der Waals surface area contributed by atoms with Crippen molar-refractivity contribution in [2.24, 2.45) is 0 Å². The van der Waals surface area contributed by atoms with Crippen molar-refractivity contribution in [3.63, 3.8) is 0 Å². The van der Waals surface area contributed by atoms with Crippen LogP contribution in [0.3, 0.4) is 0 Å². The molecule has 0 atom stereocenters. The minimum atomic E-state index is -0.388. The second kappa shape index (κ2) is 3.70. The zero-order valence-electron chi connectivity index (χ0n) is 7.71. The second-order valence-corrected chi connectivity index (χ2v) is 3.88. The number of carbonyl (C=O) groups excluding carboxylic acids is 2. The zero-order valence-corrected chi connectivity index (χ0v) is 8.53. The number of methoxy groups -OCH3 is 1. The molecule has 1 heterocycles. The van der Waals surface area contributed by atoms with E-state index in [-0.39, 0.29) is 11.8 Å². The number of ether oxygens (including phenoxy) is 1. The highest BCUT2D eigenvalue weighted by molar-refractivity contribution is 7.14. The Labute approximate surface area is 80.3 Å². The number of thiophene rings is 1. The Bertz CT molecular complexity index is 352. The minimum absolute atomic E-state index is 0.0242. The summed E-state index contributed by atoms with van der Waals surface area (Å²) < 4.78 is 4.54. The molecule has 0 bridgehead atoms. The van der Waals surface area contributed by atoms with Gasteiger partial charge in [0.1, 0.15) is 4.88 Å². The number of ketones is 1. The van der Waals surface area contributed by atoms with Crippen LogP contribution in [-0.4, -0.2) is 18.9 Å². The minimum Gasteiger partial charge on any atom is -0.465 e. The monoisotopic (exact) mass is 198 g/mol. The van der Waals surface area contributed by atoms with Gasteiger partial charge in [0.2, 0.25) is 0 Å². The third-order valence-corrected chi connectivity index (χ3v) is 2.71. The summed E-state index contributed by atoms with van der Waals surface area (Å²) in [6, 6.07) is 1.58. The Kier molecular flexibility index (Phi) is 2.83. The van der Waals surface area contributed by atoms with Crippen molar-refractivity contribution in [3.05, 3.63) is 21.4 Å². The second-order valence-electron chi connectivity index (χ2n) is 2.63. The molecule has 0 fully saturated rings. The first-order valence-electron chi connectivity index (χ1n) is 3.76. The molecule has 0 unspecified atom stereocenters. The van der Waals surface area contributed by atoms with Crippen molar-refractivity contribution in [1.29, 1.82) is 0 Å². The lowest BCUT2D eigenvalue weighted by Crippen LogP contribution is -1.97. The lowest BCUT2D eigenvalue weighted by atomic mass is 10.2. The highest BCUT2D eigenvalue weighted by atomic mass is 32.1. The summed E-state index contributed by atoms with van der Waals surface area (Å²) in [5.41, 5.74) is 0.602. The molecular formula is C9H10O3S. The van der Waals surface area contributed by atoms with Crippen molar-refractivity contribution < 1.29 is 14.3 Å². The number of carbonyl (C=O) groups is 2. The van der Waals surface area contributed by atoms with E-state index >= 15 is 0 Å². The normalized spacial score (nSPS) is 9.77. The van der Waals surface area contributed by atoms with Crippen molar-refractivity contribution in [1.82, 2.24) is 0 Å². The van der Waals surface area contributed by atoms with Gasteiger partial charge in [0.25, 0.3) is 0 Å². The smallest absolute Gasteiger partial charge is 0.348 e. The highest BCUT2D eigenvalue weighted by Gasteiger charge is 2.14. The number of esters is 1. The van der Waals surface area contributed by atoms with Crippen LogP contribution in [0.1, 0.15) is 31.8 Å². The summed E-state index contributed by atoms with van der Waals surface area (Å²) in [4.78, 5) is 23.5. The molecule has 3 nitrogen and oxygen atoms in total. The summed E-state index contributed by atoms with van der Waals surface area (Å²) in [6.45, 7) is 3.30. The number of rotatable bonds is 2. The van der Waals surface area contributed by atoms with Gasteiger partial charge in [0.05, 0.1) is 7.11 Å². The fourth-order valence-electron chi connectivity index (χ4n) is 1.03.